The molecule has 0 bridgehead atoms. The van der Waals surface area contributed by atoms with E-state index in [1.54, 1.807) is 0 Å². The fraction of sp³-hybridized carbons (Fsp3) is 1.00. The van der Waals surface area contributed by atoms with Gasteiger partial charge in [-0.3, -0.25) is 0 Å². The van der Waals surface area contributed by atoms with Gasteiger partial charge in [-0.2, -0.15) is 0 Å². The quantitative estimate of drug-likeness (QED) is 0.541. The van der Waals surface area contributed by atoms with Crippen LogP contribution in [0.15, 0.2) is 0 Å². The normalized spacial score (nSPS) is 27.5. The van der Waals surface area contributed by atoms with Crippen LogP contribution in [0.1, 0.15) is 70.6 Å². The molecule has 3 fully saturated rings. The summed E-state index contributed by atoms with van der Waals surface area (Å²) in [4.78, 5) is 0. The Morgan fingerprint density at radius 2 is 1.32 bits per heavy atom. The third-order valence-corrected chi connectivity index (χ3v) is 20.5. The van der Waals surface area contributed by atoms with E-state index < -0.39 is 13.3 Å². The van der Waals surface area contributed by atoms with Crippen molar-refractivity contribution in [3.05, 3.63) is 0 Å². The Kier molecular flexibility index (Phi) is 5.95. The molecule has 3 heteroatoms. The van der Waals surface area contributed by atoms with Crippen molar-refractivity contribution in [1.82, 2.24) is 0 Å². The number of nitrogens with zero attached hydrogens (tertiary/aromatic N) is 1. The van der Waals surface area contributed by atoms with E-state index in [9.17, 15) is 5.11 Å². The van der Waals surface area contributed by atoms with Crippen LogP contribution in [0.5, 0.6) is 0 Å². The molecule has 1 N–H and O–H groups in total. The van der Waals surface area contributed by atoms with Gasteiger partial charge < -0.3 is 0 Å². The van der Waals surface area contributed by atoms with Gasteiger partial charge in [0.05, 0.1) is 0 Å². The third kappa shape index (κ3) is 3.59. The Morgan fingerprint density at radius 1 is 0.818 bits per heavy atom. The van der Waals surface area contributed by atoms with Gasteiger partial charge in [-0.15, -0.1) is 0 Å². The monoisotopic (exact) mass is 370 g/mol. The number of quaternary nitrogens is 1. The van der Waals surface area contributed by atoms with Gasteiger partial charge in [0, 0.05) is 0 Å². The van der Waals surface area contributed by atoms with Gasteiger partial charge in [-0.1, -0.05) is 0 Å². The maximum atomic E-state index is 10.6. The number of aliphatic hydroxyl groups excluding tert-OH is 1. The van der Waals surface area contributed by atoms with Crippen molar-refractivity contribution in [3.8, 4) is 0 Å². The van der Waals surface area contributed by atoms with Crippen molar-refractivity contribution in [1.29, 1.82) is 0 Å². The molecule has 0 amide bonds. The summed E-state index contributed by atoms with van der Waals surface area (Å²) < 4.78 is 3.33. The molecule has 0 atom stereocenters. The summed E-state index contributed by atoms with van der Waals surface area (Å²) in [6, 6.07) is 0. The third-order valence-electron chi connectivity index (χ3n) is 7.64. The summed E-state index contributed by atoms with van der Waals surface area (Å²) >= 11 is -2.11. The molecule has 0 unspecified atom stereocenters. The van der Waals surface area contributed by atoms with Gasteiger partial charge in [-0.05, 0) is 0 Å². The predicted octanol–water partition coefficient (Wildman–Crippen LogP) is 4.49. The van der Waals surface area contributed by atoms with E-state index in [0.717, 1.165) is 9.50 Å². The fourth-order valence-electron chi connectivity index (χ4n) is 6.06. The molecule has 0 aromatic heterocycles. The molecule has 3 aliphatic rings. The first-order valence-electron chi connectivity index (χ1n) is 10.1. The second-order valence-corrected chi connectivity index (χ2v) is 19.3. The topological polar surface area (TPSA) is 20.2 Å². The molecular weight excluding hydrogens is 331 g/mol. The number of hydrogen-bond donors (Lipinski definition) is 1. The summed E-state index contributed by atoms with van der Waals surface area (Å²) in [5.41, 5.74) is 0.648. The zero-order valence-corrected chi connectivity index (χ0v) is 17.0. The number of likely N-dealkylation sites (tertiary alicyclic amines) is 1. The predicted molar refractivity (Wildman–Crippen MR) is 96.7 cm³/mol. The van der Waals surface area contributed by atoms with Crippen LogP contribution in [0.3, 0.4) is 0 Å². The molecule has 1 saturated heterocycles. The van der Waals surface area contributed by atoms with Gasteiger partial charge in [0.15, 0.2) is 0 Å². The zero-order chi connectivity index (χ0) is 15.5. The Hall–Kier alpha value is 0.463. The molecule has 0 radical (unpaired) electrons. The second-order valence-electron chi connectivity index (χ2n) is 8.96. The molecule has 2 saturated carbocycles. The molecular formula is C19H38GeNO+. The summed E-state index contributed by atoms with van der Waals surface area (Å²) in [5.74, 6) is 0. The number of hydrogen-bond acceptors (Lipinski definition) is 1. The Morgan fingerprint density at radius 3 is 1.77 bits per heavy atom. The van der Waals surface area contributed by atoms with Crippen LogP contribution in [0, 0.1) is 0 Å². The standard InChI is InChI=1S/C19H38GeNO/c1-21(14-7-2-8-15-21)16-13-20(17-22,18-9-3-4-10-18)19-11-5-6-12-19/h18-19,22H,2-17H2,1H3/q+1. The first-order valence-corrected chi connectivity index (χ1v) is 15.5. The van der Waals surface area contributed by atoms with Gasteiger partial charge >= 0.3 is 140 Å². The molecule has 3 rings (SSSR count). The van der Waals surface area contributed by atoms with Crippen LogP contribution in [0.4, 0.5) is 0 Å². The van der Waals surface area contributed by atoms with E-state index in [1.807, 2.05) is 0 Å². The van der Waals surface area contributed by atoms with Crippen LogP contribution in [-0.4, -0.2) is 55.0 Å². The molecule has 0 aromatic carbocycles. The minimum absolute atomic E-state index is 0.648. The van der Waals surface area contributed by atoms with E-state index >= 15 is 0 Å². The van der Waals surface area contributed by atoms with E-state index in [1.165, 1.54) is 100.0 Å². The van der Waals surface area contributed by atoms with Crippen molar-refractivity contribution in [2.24, 2.45) is 0 Å². The van der Waals surface area contributed by atoms with Gasteiger partial charge in [0.25, 0.3) is 0 Å². The first-order chi connectivity index (χ1) is 10.7. The average molecular weight is 369 g/mol. The zero-order valence-electron chi connectivity index (χ0n) is 14.9. The Labute approximate surface area is 140 Å². The summed E-state index contributed by atoms with van der Waals surface area (Å²) in [5, 5.41) is 12.1. The average Bonchev–Trinajstić information content (AvgIpc) is 3.23. The molecule has 2 nitrogen and oxygen atoms in total. The molecule has 1 aliphatic heterocycles. The fourth-order valence-corrected chi connectivity index (χ4v) is 19.1. The van der Waals surface area contributed by atoms with Crippen LogP contribution in [0.25, 0.3) is 0 Å². The van der Waals surface area contributed by atoms with Gasteiger partial charge in [-0.25, -0.2) is 0 Å². The number of piperidine rings is 1. The van der Waals surface area contributed by atoms with Crippen molar-refractivity contribution < 1.29 is 9.59 Å². The molecule has 2 aliphatic carbocycles. The van der Waals surface area contributed by atoms with Crippen molar-refractivity contribution in [2.45, 2.75) is 85.4 Å². The van der Waals surface area contributed by atoms with E-state index in [0.29, 0.717) is 5.44 Å². The number of aliphatic hydroxyl groups is 1. The maximum absolute atomic E-state index is 10.6. The van der Waals surface area contributed by atoms with E-state index in [2.05, 4.69) is 7.05 Å². The molecule has 0 spiro atoms. The van der Waals surface area contributed by atoms with Crippen molar-refractivity contribution in [3.63, 3.8) is 0 Å². The molecule has 22 heavy (non-hydrogen) atoms. The van der Waals surface area contributed by atoms with Crippen LogP contribution < -0.4 is 0 Å². The van der Waals surface area contributed by atoms with Gasteiger partial charge in [0.1, 0.15) is 0 Å². The summed E-state index contributed by atoms with van der Waals surface area (Å²) in [6.07, 6.45) is 16.0. The van der Waals surface area contributed by atoms with E-state index in [4.69, 9.17) is 0 Å². The Bertz CT molecular complexity index is 325. The van der Waals surface area contributed by atoms with Crippen molar-refractivity contribution in [2.75, 3.05) is 32.1 Å². The number of rotatable bonds is 6. The Balaban J connectivity index is 1.72. The molecule has 128 valence electrons. The summed E-state index contributed by atoms with van der Waals surface area (Å²) in [7, 11) is 2.51. The second kappa shape index (κ2) is 7.57. The van der Waals surface area contributed by atoms with Gasteiger partial charge in [0.2, 0.25) is 0 Å². The van der Waals surface area contributed by atoms with Crippen LogP contribution >= 0.6 is 0 Å². The molecule has 0 aromatic rings. The minimum atomic E-state index is -2.11. The van der Waals surface area contributed by atoms with Crippen molar-refractivity contribution >= 4 is 13.3 Å². The van der Waals surface area contributed by atoms with Crippen LogP contribution in [-0.2, 0) is 0 Å². The van der Waals surface area contributed by atoms with E-state index in [-0.39, 0.29) is 0 Å². The summed E-state index contributed by atoms with van der Waals surface area (Å²) in [6.45, 7) is 4.20. The molecule has 1 heterocycles. The van der Waals surface area contributed by atoms with Crippen LogP contribution in [0.2, 0.25) is 14.8 Å². The first kappa shape index (κ1) is 17.3. The SMILES string of the molecule is C[N+]1(C[CH2][Ge]([CH2]O)([CH]2CCCC2)[CH]2CCCC2)CCCCC1.